The Morgan fingerprint density at radius 1 is 0.824 bits per heavy atom. The first kappa shape index (κ1) is 29.3. The van der Waals surface area contributed by atoms with Gasteiger partial charge < -0.3 is 20.6 Å². The first-order chi connectivity index (χ1) is 16.2. The highest BCUT2D eigenvalue weighted by Crippen LogP contribution is 2.14. The molecule has 0 aromatic heterocycles. The van der Waals surface area contributed by atoms with Crippen LogP contribution in [0, 0.1) is 5.92 Å². The monoisotopic (exact) mass is 467 g/mol. The Labute approximate surface area is 205 Å². The molecule has 34 heavy (non-hydrogen) atoms. The van der Waals surface area contributed by atoms with E-state index in [1.807, 2.05) is 64.2 Å². The summed E-state index contributed by atoms with van der Waals surface area (Å²) in [7, 11) is 0. The summed E-state index contributed by atoms with van der Waals surface area (Å²) in [5, 5.41) is 33.6. The van der Waals surface area contributed by atoms with Gasteiger partial charge in [-0.05, 0) is 33.6 Å². The van der Waals surface area contributed by atoms with E-state index in [2.05, 4.69) is 11.4 Å². The van der Waals surface area contributed by atoms with E-state index in [0.29, 0.717) is 0 Å². The molecule has 5 atom stereocenters. The van der Waals surface area contributed by atoms with E-state index in [4.69, 9.17) is 0 Å². The molecule has 0 fully saturated rings. The Morgan fingerprint density at radius 3 is 2.26 bits per heavy atom. The van der Waals surface area contributed by atoms with Gasteiger partial charge >= 0.3 is 0 Å². The third kappa shape index (κ3) is 14.4. The average molecular weight is 468 g/mol. The molecule has 0 radical (unpaired) electrons. The highest BCUT2D eigenvalue weighted by Gasteiger charge is 2.18. The molecule has 0 saturated heterocycles. The number of hydrogen-bond acceptors (Lipinski definition) is 4. The van der Waals surface area contributed by atoms with Crippen molar-refractivity contribution in [3.05, 3.63) is 96.2 Å². The van der Waals surface area contributed by atoms with Crippen LogP contribution in [-0.4, -0.2) is 45.6 Å². The average Bonchev–Trinajstić information content (AvgIpc) is 2.75. The second-order valence-electron chi connectivity index (χ2n) is 8.86. The zero-order chi connectivity index (χ0) is 25.3. The number of hydrogen-bond donors (Lipinski definition) is 4. The lowest BCUT2D eigenvalue weighted by molar-refractivity contribution is -0.117. The summed E-state index contributed by atoms with van der Waals surface area (Å²) in [6.07, 6.45) is 24.3. The van der Waals surface area contributed by atoms with Crippen molar-refractivity contribution in [1.82, 2.24) is 5.32 Å². The minimum Gasteiger partial charge on any atom is -0.393 e. The van der Waals surface area contributed by atoms with E-state index in [-0.39, 0.29) is 30.7 Å². The van der Waals surface area contributed by atoms with Crippen LogP contribution in [0.25, 0.3) is 0 Å². The van der Waals surface area contributed by atoms with Crippen molar-refractivity contribution in [3.8, 4) is 0 Å². The van der Waals surface area contributed by atoms with Crippen molar-refractivity contribution in [3.63, 3.8) is 0 Å². The Balaban J connectivity index is 2.93. The van der Waals surface area contributed by atoms with Crippen molar-refractivity contribution < 1.29 is 20.1 Å². The largest absolute Gasteiger partial charge is 0.393 e. The fourth-order valence-electron chi connectivity index (χ4n) is 3.29. The quantitative estimate of drug-likeness (QED) is 0.418. The summed E-state index contributed by atoms with van der Waals surface area (Å²) in [4.78, 5) is 12.0. The number of aliphatic hydroxyl groups is 3. The van der Waals surface area contributed by atoms with Gasteiger partial charge in [0.05, 0.1) is 18.3 Å². The Hall–Kier alpha value is -2.73. The third-order valence-electron chi connectivity index (χ3n) is 5.26. The molecule has 0 bridgehead atoms. The van der Waals surface area contributed by atoms with Crippen LogP contribution < -0.4 is 5.32 Å². The zero-order valence-electron chi connectivity index (χ0n) is 20.8. The summed E-state index contributed by atoms with van der Waals surface area (Å²) in [6, 6.07) is 0.0181. The maximum absolute atomic E-state index is 12.0. The van der Waals surface area contributed by atoms with Crippen LogP contribution in [0.5, 0.6) is 0 Å². The van der Waals surface area contributed by atoms with Crippen LogP contribution in [0.15, 0.2) is 96.2 Å². The highest BCUT2D eigenvalue weighted by molar-refractivity contribution is 5.87. The second-order valence-corrected chi connectivity index (χ2v) is 8.86. The normalized spacial score (nSPS) is 37.6. The SMILES string of the molecule is CC1=C/C=C\C[C@H](C)NC(=O)\C=C/C=C\C=C/[C@H](C)[C@@H](O)C[C@@H](O)C[C@@H](O)/C=C\C=C/C(C)=C\1. The Kier molecular flexibility index (Phi) is 14.5. The first-order valence-electron chi connectivity index (χ1n) is 11.9. The van der Waals surface area contributed by atoms with Gasteiger partial charge in [-0.2, -0.15) is 0 Å². The summed E-state index contributed by atoms with van der Waals surface area (Å²) >= 11 is 0. The van der Waals surface area contributed by atoms with Crippen molar-refractivity contribution >= 4 is 5.91 Å². The fourth-order valence-corrected chi connectivity index (χ4v) is 3.29. The molecule has 1 rings (SSSR count). The molecular weight excluding hydrogens is 426 g/mol. The molecule has 186 valence electrons. The van der Waals surface area contributed by atoms with E-state index < -0.39 is 18.3 Å². The van der Waals surface area contributed by atoms with Crippen LogP contribution in [0.1, 0.15) is 47.0 Å². The molecule has 1 aliphatic heterocycles. The number of amides is 1. The third-order valence-corrected chi connectivity index (χ3v) is 5.26. The van der Waals surface area contributed by atoms with Gasteiger partial charge in [0, 0.05) is 24.5 Å². The van der Waals surface area contributed by atoms with Gasteiger partial charge in [0.1, 0.15) is 0 Å². The minimum atomic E-state index is -0.810. The molecule has 0 aromatic rings. The molecule has 0 spiro atoms. The number of carbonyl (C=O) groups is 1. The predicted molar refractivity (Wildman–Crippen MR) is 141 cm³/mol. The molecule has 0 aromatic carbocycles. The zero-order valence-corrected chi connectivity index (χ0v) is 20.8. The molecule has 5 nitrogen and oxygen atoms in total. The van der Waals surface area contributed by atoms with E-state index in [9.17, 15) is 20.1 Å². The van der Waals surface area contributed by atoms with Gasteiger partial charge in [-0.15, -0.1) is 0 Å². The molecule has 5 heteroatoms. The predicted octanol–water partition coefficient (Wildman–Crippen LogP) is 4.62. The number of carbonyl (C=O) groups excluding carboxylic acids is 1. The maximum Gasteiger partial charge on any atom is 0.244 e. The molecule has 1 amide bonds. The van der Waals surface area contributed by atoms with Gasteiger partial charge in [-0.1, -0.05) is 97.1 Å². The molecule has 1 aliphatic rings. The van der Waals surface area contributed by atoms with Crippen LogP contribution in [0.4, 0.5) is 0 Å². The van der Waals surface area contributed by atoms with Crippen LogP contribution in [-0.2, 0) is 4.79 Å². The smallest absolute Gasteiger partial charge is 0.244 e. The lowest BCUT2D eigenvalue weighted by atomic mass is 9.96. The molecule has 0 aliphatic carbocycles. The van der Waals surface area contributed by atoms with Crippen LogP contribution >= 0.6 is 0 Å². The van der Waals surface area contributed by atoms with Crippen molar-refractivity contribution in [2.45, 2.75) is 71.3 Å². The van der Waals surface area contributed by atoms with Gasteiger partial charge in [0.25, 0.3) is 0 Å². The highest BCUT2D eigenvalue weighted by atomic mass is 16.3. The van der Waals surface area contributed by atoms with Gasteiger partial charge in [0.2, 0.25) is 5.91 Å². The summed E-state index contributed by atoms with van der Waals surface area (Å²) in [5.74, 6) is -0.316. The van der Waals surface area contributed by atoms with E-state index >= 15 is 0 Å². The van der Waals surface area contributed by atoms with Crippen molar-refractivity contribution in [1.29, 1.82) is 0 Å². The number of nitrogens with one attached hydrogen (secondary N) is 1. The summed E-state index contributed by atoms with van der Waals surface area (Å²) < 4.78 is 0. The molecular formula is C29H41NO4. The topological polar surface area (TPSA) is 89.8 Å². The van der Waals surface area contributed by atoms with Crippen LogP contribution in [0.2, 0.25) is 0 Å². The van der Waals surface area contributed by atoms with Crippen LogP contribution in [0.3, 0.4) is 0 Å². The maximum atomic E-state index is 12.0. The molecule has 0 saturated carbocycles. The first-order valence-corrected chi connectivity index (χ1v) is 11.9. The number of allylic oxidation sites excluding steroid dienone is 12. The van der Waals surface area contributed by atoms with Crippen molar-refractivity contribution in [2.24, 2.45) is 5.92 Å². The number of rotatable bonds is 0. The van der Waals surface area contributed by atoms with Gasteiger partial charge in [0.15, 0.2) is 0 Å². The van der Waals surface area contributed by atoms with E-state index in [0.717, 1.165) is 17.6 Å². The lowest BCUT2D eigenvalue weighted by Crippen LogP contribution is -2.30. The summed E-state index contributed by atoms with van der Waals surface area (Å²) in [5.41, 5.74) is 2.16. The number of aliphatic hydroxyl groups excluding tert-OH is 3. The second kappa shape index (κ2) is 16.8. The standard InChI is InChI=1S/C29H41NO4/c1-22-13-9-11-16-25(4)30-29(34)18-8-6-5-7-15-24(3)28(33)21-27(32)20-26(31)17-12-10-14-23(2)19-22/h5-15,17-19,24-28,31-33H,16,20-21H2,1-4H3,(H,30,34)/b6-5-,11-9-,14-10-,15-7-,17-12-,18-8-,22-13-,23-19-/t24-,25-,26-,27-,28-/m0/s1. The van der Waals surface area contributed by atoms with E-state index in [1.165, 1.54) is 6.08 Å². The fraction of sp³-hybridized carbons (Fsp3) is 0.414. The van der Waals surface area contributed by atoms with E-state index in [1.54, 1.807) is 36.5 Å². The Bertz CT molecular complexity index is 857. The lowest BCUT2D eigenvalue weighted by Gasteiger charge is -2.20. The van der Waals surface area contributed by atoms with Crippen molar-refractivity contribution in [2.75, 3.05) is 0 Å². The molecule has 1 heterocycles. The molecule has 4 N–H and O–H groups in total. The van der Waals surface area contributed by atoms with Gasteiger partial charge in [-0.3, -0.25) is 4.79 Å². The summed E-state index contributed by atoms with van der Waals surface area (Å²) in [6.45, 7) is 7.84. The molecule has 0 unspecified atom stereocenters. The Morgan fingerprint density at radius 2 is 1.50 bits per heavy atom. The van der Waals surface area contributed by atoms with Gasteiger partial charge in [-0.25, -0.2) is 0 Å². The minimum absolute atomic E-state index is 0.0181.